The number of rotatable bonds is 3. The first-order valence-corrected chi connectivity index (χ1v) is 5.11. The number of nitrogens with zero attached hydrogens (tertiary/aromatic N) is 2. The van der Waals surface area contributed by atoms with Crippen LogP contribution in [0.2, 0.25) is 0 Å². The lowest BCUT2D eigenvalue weighted by Crippen LogP contribution is -2.10. The number of para-hydroxylation sites is 1. The van der Waals surface area contributed by atoms with Gasteiger partial charge >= 0.3 is 0 Å². The molecule has 0 saturated heterocycles. The van der Waals surface area contributed by atoms with Gasteiger partial charge in [0, 0.05) is 6.20 Å². The lowest BCUT2D eigenvalue weighted by atomic mass is 10.2. The lowest BCUT2D eigenvalue weighted by Gasteiger charge is -1.99. The van der Waals surface area contributed by atoms with E-state index in [9.17, 15) is 4.79 Å². The fourth-order valence-electron chi connectivity index (χ4n) is 1.38. The van der Waals surface area contributed by atoms with Gasteiger partial charge in [0.2, 0.25) is 0 Å². The Morgan fingerprint density at radius 3 is 2.65 bits per heavy atom. The zero-order valence-corrected chi connectivity index (χ0v) is 9.08. The van der Waals surface area contributed by atoms with Crippen molar-refractivity contribution in [1.29, 1.82) is 0 Å². The maximum Gasteiger partial charge on any atom is 0.250 e. The first-order valence-electron chi connectivity index (χ1n) is 5.11. The van der Waals surface area contributed by atoms with Crippen LogP contribution < -0.4 is 5.73 Å². The zero-order valence-electron chi connectivity index (χ0n) is 9.08. The van der Waals surface area contributed by atoms with Gasteiger partial charge in [0.15, 0.2) is 0 Å². The monoisotopic (exact) mass is 225 g/mol. The second-order valence-corrected chi connectivity index (χ2v) is 3.39. The van der Waals surface area contributed by atoms with Gasteiger partial charge in [0.05, 0.1) is 23.2 Å². The Labute approximate surface area is 98.8 Å². The van der Waals surface area contributed by atoms with Gasteiger partial charge in [-0.25, -0.2) is 0 Å². The van der Waals surface area contributed by atoms with Crippen molar-refractivity contribution in [2.24, 2.45) is 10.7 Å². The average Bonchev–Trinajstić information content (AvgIpc) is 2.38. The molecule has 0 spiro atoms. The Morgan fingerprint density at radius 2 is 1.94 bits per heavy atom. The Kier molecular flexibility index (Phi) is 3.25. The van der Waals surface area contributed by atoms with Crippen LogP contribution in [0.4, 0.5) is 5.69 Å². The SMILES string of the molecule is NC(=O)c1ccccc1N=Cc1ccccn1. The third kappa shape index (κ3) is 2.75. The van der Waals surface area contributed by atoms with Crippen molar-refractivity contribution in [2.75, 3.05) is 0 Å². The maximum absolute atomic E-state index is 11.2. The summed E-state index contributed by atoms with van der Waals surface area (Å²) in [5, 5.41) is 0. The number of hydrogen-bond donors (Lipinski definition) is 1. The van der Waals surface area contributed by atoms with Crippen LogP contribution in [0.15, 0.2) is 53.7 Å². The Morgan fingerprint density at radius 1 is 1.18 bits per heavy atom. The highest BCUT2D eigenvalue weighted by Gasteiger charge is 2.04. The molecule has 0 aliphatic heterocycles. The van der Waals surface area contributed by atoms with Gasteiger partial charge in [0.25, 0.3) is 5.91 Å². The number of carbonyl (C=O) groups is 1. The second-order valence-electron chi connectivity index (χ2n) is 3.39. The summed E-state index contributed by atoms with van der Waals surface area (Å²) in [7, 11) is 0. The summed E-state index contributed by atoms with van der Waals surface area (Å²) in [6.45, 7) is 0. The van der Waals surface area contributed by atoms with E-state index in [1.54, 1.807) is 36.7 Å². The molecule has 0 aliphatic rings. The van der Waals surface area contributed by atoms with Crippen LogP contribution in [0.1, 0.15) is 16.1 Å². The fourth-order valence-corrected chi connectivity index (χ4v) is 1.38. The molecule has 0 unspecified atom stereocenters. The summed E-state index contributed by atoms with van der Waals surface area (Å²) in [6.07, 6.45) is 3.28. The molecule has 1 heterocycles. The van der Waals surface area contributed by atoms with E-state index in [1.165, 1.54) is 0 Å². The summed E-state index contributed by atoms with van der Waals surface area (Å²) in [6, 6.07) is 12.5. The summed E-state index contributed by atoms with van der Waals surface area (Å²) in [5.41, 5.74) is 6.93. The van der Waals surface area contributed by atoms with E-state index in [1.807, 2.05) is 18.2 Å². The Bertz CT molecular complexity index is 550. The predicted molar refractivity (Wildman–Crippen MR) is 66.5 cm³/mol. The highest BCUT2D eigenvalue weighted by Crippen LogP contribution is 2.17. The number of primary amides is 1. The van der Waals surface area contributed by atoms with E-state index in [0.717, 1.165) is 5.69 Å². The van der Waals surface area contributed by atoms with Crippen molar-refractivity contribution in [3.8, 4) is 0 Å². The molecular weight excluding hydrogens is 214 g/mol. The van der Waals surface area contributed by atoms with Crippen molar-refractivity contribution in [1.82, 2.24) is 4.98 Å². The topological polar surface area (TPSA) is 68.3 Å². The third-order valence-electron chi connectivity index (χ3n) is 2.19. The molecule has 17 heavy (non-hydrogen) atoms. The van der Waals surface area contributed by atoms with Gasteiger partial charge < -0.3 is 5.73 Å². The van der Waals surface area contributed by atoms with Crippen molar-refractivity contribution >= 4 is 17.8 Å². The Balaban J connectivity index is 2.30. The van der Waals surface area contributed by atoms with Gasteiger partial charge in [-0.2, -0.15) is 0 Å². The van der Waals surface area contributed by atoms with Crippen molar-refractivity contribution < 1.29 is 4.79 Å². The van der Waals surface area contributed by atoms with Gasteiger partial charge in [-0.05, 0) is 24.3 Å². The molecule has 1 amide bonds. The van der Waals surface area contributed by atoms with Gasteiger partial charge in [0.1, 0.15) is 0 Å². The number of nitrogens with two attached hydrogens (primary N) is 1. The van der Waals surface area contributed by atoms with Crippen molar-refractivity contribution in [3.05, 3.63) is 59.9 Å². The molecular formula is C13H11N3O. The van der Waals surface area contributed by atoms with E-state index in [4.69, 9.17) is 5.73 Å². The number of hydrogen-bond acceptors (Lipinski definition) is 3. The molecule has 2 rings (SSSR count). The molecule has 2 N–H and O–H groups in total. The van der Waals surface area contributed by atoms with Crippen LogP contribution in [0.5, 0.6) is 0 Å². The predicted octanol–water partition coefficient (Wildman–Crippen LogP) is 1.93. The van der Waals surface area contributed by atoms with Crippen LogP contribution in [-0.4, -0.2) is 17.1 Å². The molecule has 0 aliphatic carbocycles. The highest BCUT2D eigenvalue weighted by atomic mass is 16.1. The number of amides is 1. The van der Waals surface area contributed by atoms with Crippen molar-refractivity contribution in [3.63, 3.8) is 0 Å². The summed E-state index contributed by atoms with van der Waals surface area (Å²) in [5.74, 6) is -0.487. The number of aromatic nitrogens is 1. The largest absolute Gasteiger partial charge is 0.366 e. The molecule has 0 atom stereocenters. The minimum atomic E-state index is -0.487. The third-order valence-corrected chi connectivity index (χ3v) is 2.19. The number of pyridine rings is 1. The Hall–Kier alpha value is -2.49. The summed E-state index contributed by atoms with van der Waals surface area (Å²) >= 11 is 0. The van der Waals surface area contributed by atoms with Crippen LogP contribution >= 0.6 is 0 Å². The molecule has 0 fully saturated rings. The van der Waals surface area contributed by atoms with Crippen molar-refractivity contribution in [2.45, 2.75) is 0 Å². The zero-order chi connectivity index (χ0) is 12.1. The smallest absolute Gasteiger partial charge is 0.250 e. The van der Waals surface area contributed by atoms with Crippen LogP contribution in [-0.2, 0) is 0 Å². The first-order chi connectivity index (χ1) is 8.27. The molecule has 4 heteroatoms. The van der Waals surface area contributed by atoms with E-state index < -0.39 is 5.91 Å². The van der Waals surface area contributed by atoms with E-state index >= 15 is 0 Å². The molecule has 1 aromatic heterocycles. The first kappa shape index (κ1) is 11.0. The van der Waals surface area contributed by atoms with Crippen LogP contribution in [0.3, 0.4) is 0 Å². The number of aliphatic imine (C=N–C) groups is 1. The molecule has 2 aromatic rings. The quantitative estimate of drug-likeness (QED) is 0.811. The summed E-state index contributed by atoms with van der Waals surface area (Å²) in [4.78, 5) is 19.5. The van der Waals surface area contributed by atoms with E-state index in [2.05, 4.69) is 9.98 Å². The van der Waals surface area contributed by atoms with E-state index in [0.29, 0.717) is 11.3 Å². The lowest BCUT2D eigenvalue weighted by molar-refractivity contribution is 0.100. The maximum atomic E-state index is 11.2. The van der Waals surface area contributed by atoms with E-state index in [-0.39, 0.29) is 0 Å². The molecule has 0 radical (unpaired) electrons. The van der Waals surface area contributed by atoms with Gasteiger partial charge in [-0.3, -0.25) is 14.8 Å². The fraction of sp³-hybridized carbons (Fsp3) is 0. The summed E-state index contributed by atoms with van der Waals surface area (Å²) < 4.78 is 0. The highest BCUT2D eigenvalue weighted by molar-refractivity contribution is 5.98. The molecule has 0 saturated carbocycles. The number of carbonyl (C=O) groups excluding carboxylic acids is 1. The normalized spacial score (nSPS) is 10.6. The minimum Gasteiger partial charge on any atom is -0.366 e. The van der Waals surface area contributed by atoms with Crippen LogP contribution in [0, 0.1) is 0 Å². The van der Waals surface area contributed by atoms with Crippen LogP contribution in [0.25, 0.3) is 0 Å². The molecule has 0 bridgehead atoms. The standard InChI is InChI=1S/C13H11N3O/c14-13(17)11-6-1-2-7-12(11)16-9-10-5-3-4-8-15-10/h1-9H,(H2,14,17). The average molecular weight is 225 g/mol. The van der Waals surface area contributed by atoms with Gasteiger partial charge in [-0.15, -0.1) is 0 Å². The minimum absolute atomic E-state index is 0.402. The molecule has 84 valence electrons. The second kappa shape index (κ2) is 5.03. The number of benzene rings is 1. The molecule has 1 aromatic carbocycles. The molecule has 4 nitrogen and oxygen atoms in total. The van der Waals surface area contributed by atoms with Gasteiger partial charge in [-0.1, -0.05) is 18.2 Å².